The Morgan fingerprint density at radius 1 is 1.39 bits per heavy atom. The van der Waals surface area contributed by atoms with Gasteiger partial charge < -0.3 is 5.11 Å². The van der Waals surface area contributed by atoms with Crippen LogP contribution in [0, 0.1) is 0 Å². The molecule has 0 heterocycles. The Kier molecular flexibility index (Phi) is 5.49. The van der Waals surface area contributed by atoms with Crippen LogP contribution in [0.15, 0.2) is 29.2 Å². The van der Waals surface area contributed by atoms with Gasteiger partial charge in [0.05, 0.1) is 15.9 Å². The highest BCUT2D eigenvalue weighted by Crippen LogP contribution is 2.18. The van der Waals surface area contributed by atoms with Gasteiger partial charge in [0.2, 0.25) is 0 Å². The first-order valence-electron chi connectivity index (χ1n) is 5.15. The van der Waals surface area contributed by atoms with Gasteiger partial charge in [-0.25, -0.2) is 8.42 Å². The molecule has 18 heavy (non-hydrogen) atoms. The molecule has 1 aromatic rings. The lowest BCUT2D eigenvalue weighted by molar-refractivity contribution is -0.136. The third-order valence-electron chi connectivity index (χ3n) is 2.24. The van der Waals surface area contributed by atoms with Gasteiger partial charge in [0, 0.05) is 10.8 Å². The smallest absolute Gasteiger partial charge is 0.316 e. The third-order valence-corrected chi connectivity index (χ3v) is 5.62. The van der Waals surface area contributed by atoms with E-state index in [1.54, 1.807) is 0 Å². The predicted molar refractivity (Wildman–Crippen MR) is 73.1 cm³/mol. The van der Waals surface area contributed by atoms with Crippen molar-refractivity contribution < 1.29 is 18.3 Å². The summed E-state index contributed by atoms with van der Waals surface area (Å²) in [6.45, 7) is 1.53. The van der Waals surface area contributed by atoms with E-state index in [0.717, 1.165) is 11.8 Å². The predicted octanol–water partition coefficient (Wildman–Crippen LogP) is 2.32. The molecule has 100 valence electrons. The van der Waals surface area contributed by atoms with Crippen LogP contribution in [0.25, 0.3) is 0 Å². The van der Waals surface area contributed by atoms with E-state index in [4.69, 9.17) is 16.7 Å². The van der Waals surface area contributed by atoms with Gasteiger partial charge in [-0.05, 0) is 31.2 Å². The van der Waals surface area contributed by atoms with Gasteiger partial charge in [0.25, 0.3) is 0 Å². The summed E-state index contributed by atoms with van der Waals surface area (Å²) in [4.78, 5) is 10.8. The number of benzene rings is 1. The summed E-state index contributed by atoms with van der Waals surface area (Å²) in [5.74, 6) is -0.779. The Balaban J connectivity index is 2.60. The van der Waals surface area contributed by atoms with Crippen LogP contribution in [0.1, 0.15) is 6.92 Å². The molecule has 1 N–H and O–H groups in total. The molecule has 0 aliphatic heterocycles. The van der Waals surface area contributed by atoms with Gasteiger partial charge in [0.1, 0.15) is 0 Å². The molecule has 7 heteroatoms. The molecular formula is C11H13ClO4S2. The van der Waals surface area contributed by atoms with Crippen molar-refractivity contribution in [3.8, 4) is 0 Å². The molecule has 0 bridgehead atoms. The summed E-state index contributed by atoms with van der Waals surface area (Å²) < 4.78 is 23.8. The highest BCUT2D eigenvalue weighted by molar-refractivity contribution is 8.01. The first-order chi connectivity index (χ1) is 8.33. The molecule has 0 radical (unpaired) electrons. The molecule has 0 amide bonds. The zero-order valence-electron chi connectivity index (χ0n) is 9.67. The number of sulfone groups is 1. The minimum Gasteiger partial charge on any atom is -0.480 e. The molecule has 1 unspecified atom stereocenters. The molecule has 1 atom stereocenters. The first-order valence-corrected chi connectivity index (χ1v) is 8.23. The first kappa shape index (κ1) is 15.3. The zero-order chi connectivity index (χ0) is 13.8. The number of rotatable bonds is 6. The lowest BCUT2D eigenvalue weighted by Gasteiger charge is -2.07. The summed E-state index contributed by atoms with van der Waals surface area (Å²) in [5.41, 5.74) is 0. The zero-order valence-corrected chi connectivity index (χ0v) is 12.1. The van der Waals surface area contributed by atoms with Gasteiger partial charge in [0.15, 0.2) is 9.84 Å². The molecule has 0 aromatic heterocycles. The Hall–Kier alpha value is -0.720. The number of aliphatic carboxylic acids is 1. The molecule has 0 aliphatic carbocycles. The summed E-state index contributed by atoms with van der Waals surface area (Å²) in [7, 11) is -3.37. The molecule has 0 spiro atoms. The van der Waals surface area contributed by atoms with Crippen LogP contribution in [0.5, 0.6) is 0 Å². The molecule has 0 saturated carbocycles. The fraction of sp³-hybridized carbons (Fsp3) is 0.364. The van der Waals surface area contributed by atoms with E-state index < -0.39 is 21.1 Å². The van der Waals surface area contributed by atoms with E-state index in [1.807, 2.05) is 0 Å². The summed E-state index contributed by atoms with van der Waals surface area (Å²) >= 11 is 6.78. The average Bonchev–Trinajstić information content (AvgIpc) is 2.29. The topological polar surface area (TPSA) is 71.4 Å². The van der Waals surface area contributed by atoms with Crippen molar-refractivity contribution in [2.75, 3.05) is 11.5 Å². The van der Waals surface area contributed by atoms with Crippen LogP contribution in [0.4, 0.5) is 0 Å². The van der Waals surface area contributed by atoms with E-state index in [9.17, 15) is 13.2 Å². The maximum Gasteiger partial charge on any atom is 0.316 e. The second kappa shape index (κ2) is 6.45. The number of halogens is 1. The van der Waals surface area contributed by atoms with Crippen molar-refractivity contribution in [3.63, 3.8) is 0 Å². The van der Waals surface area contributed by atoms with Crippen molar-refractivity contribution in [2.24, 2.45) is 0 Å². The van der Waals surface area contributed by atoms with Gasteiger partial charge in [-0.1, -0.05) is 11.6 Å². The standard InChI is InChI=1S/C11H13ClO4S2/c1-8(11(13)14)17-6-7-18(15,16)10-4-2-9(12)3-5-10/h2-5,8H,6-7H2,1H3,(H,13,14). The SMILES string of the molecule is CC(SCCS(=O)(=O)c1ccc(Cl)cc1)C(=O)O. The lowest BCUT2D eigenvalue weighted by atomic mass is 10.4. The molecule has 0 aliphatic rings. The lowest BCUT2D eigenvalue weighted by Crippen LogP contribution is -2.15. The highest BCUT2D eigenvalue weighted by atomic mass is 35.5. The van der Waals surface area contributed by atoms with E-state index in [1.165, 1.54) is 31.2 Å². The minimum absolute atomic E-state index is 0.0864. The largest absolute Gasteiger partial charge is 0.480 e. The summed E-state index contributed by atoms with van der Waals surface area (Å²) in [5, 5.41) is 8.54. The number of thioether (sulfide) groups is 1. The van der Waals surface area contributed by atoms with E-state index in [-0.39, 0.29) is 16.4 Å². The number of hydrogen-bond donors (Lipinski definition) is 1. The van der Waals surface area contributed by atoms with Crippen LogP contribution >= 0.6 is 23.4 Å². The molecule has 0 saturated heterocycles. The second-order valence-corrected chi connectivity index (χ2v) is 7.62. The van der Waals surface area contributed by atoms with Gasteiger partial charge in [-0.3, -0.25) is 4.79 Å². The van der Waals surface area contributed by atoms with E-state index in [0.29, 0.717) is 5.02 Å². The van der Waals surface area contributed by atoms with Gasteiger partial charge in [-0.2, -0.15) is 0 Å². The maximum absolute atomic E-state index is 11.9. The number of carboxylic acid groups (broad SMARTS) is 1. The monoisotopic (exact) mass is 308 g/mol. The van der Waals surface area contributed by atoms with Crippen LogP contribution < -0.4 is 0 Å². The fourth-order valence-electron chi connectivity index (χ4n) is 1.17. The molecule has 4 nitrogen and oxygen atoms in total. The van der Waals surface area contributed by atoms with Crippen molar-refractivity contribution >= 4 is 39.2 Å². The fourth-order valence-corrected chi connectivity index (χ4v) is 3.84. The molecular weight excluding hydrogens is 296 g/mol. The quantitative estimate of drug-likeness (QED) is 0.873. The summed E-state index contributed by atoms with van der Waals surface area (Å²) in [6.07, 6.45) is 0. The van der Waals surface area contributed by atoms with Gasteiger partial charge in [-0.15, -0.1) is 11.8 Å². The number of carbonyl (C=O) groups is 1. The Morgan fingerprint density at radius 2 is 1.94 bits per heavy atom. The third kappa shape index (κ3) is 4.51. The number of carboxylic acids is 1. The Bertz CT molecular complexity index is 510. The average molecular weight is 309 g/mol. The van der Waals surface area contributed by atoms with E-state index in [2.05, 4.69) is 0 Å². The molecule has 1 rings (SSSR count). The van der Waals surface area contributed by atoms with Crippen molar-refractivity contribution in [3.05, 3.63) is 29.3 Å². The number of hydrogen-bond acceptors (Lipinski definition) is 4. The van der Waals surface area contributed by atoms with Gasteiger partial charge >= 0.3 is 5.97 Å². The minimum atomic E-state index is -3.37. The maximum atomic E-state index is 11.9. The van der Waals surface area contributed by atoms with Crippen molar-refractivity contribution in [1.82, 2.24) is 0 Å². The van der Waals surface area contributed by atoms with Crippen LogP contribution in [-0.4, -0.2) is 36.2 Å². The normalized spacial score (nSPS) is 13.2. The highest BCUT2D eigenvalue weighted by Gasteiger charge is 2.17. The summed E-state index contributed by atoms with van der Waals surface area (Å²) in [6, 6.07) is 5.93. The Labute approximate surface area is 115 Å². The Morgan fingerprint density at radius 3 is 2.44 bits per heavy atom. The molecule has 0 fully saturated rings. The van der Waals surface area contributed by atoms with Crippen molar-refractivity contribution in [2.45, 2.75) is 17.1 Å². The van der Waals surface area contributed by atoms with Crippen molar-refractivity contribution in [1.29, 1.82) is 0 Å². The molecule has 1 aromatic carbocycles. The van der Waals surface area contributed by atoms with Crippen LogP contribution in [-0.2, 0) is 14.6 Å². The second-order valence-electron chi connectivity index (χ2n) is 3.62. The van der Waals surface area contributed by atoms with Crippen LogP contribution in [0.3, 0.4) is 0 Å². The van der Waals surface area contributed by atoms with Crippen LogP contribution in [0.2, 0.25) is 5.02 Å². The van der Waals surface area contributed by atoms with E-state index >= 15 is 0 Å².